The molecule has 2 saturated heterocycles. The molecule has 2 fully saturated rings. The highest BCUT2D eigenvalue weighted by molar-refractivity contribution is 7.13. The number of thiazole rings is 1. The Kier molecular flexibility index (Phi) is 16.9. The summed E-state index contributed by atoms with van der Waals surface area (Å²) < 4.78 is 5.86. The molecule has 7 atom stereocenters. The number of anilines is 1. The standard InChI is InChI=1S/C51H68ClN9O6S/c1-31-25-42(63)45-44(31)48(55-29-54-45)59-19-21-60(22-20-59)49(65)40(36-13-15-38(52)16-14-36)27-53-18-8-23-67-24-17-43(64)58-47(51(5,6)7)50(66)61-28-39(62)26-41(61)33(3)57-32(2)35-9-11-37(12-10-35)46-34(4)56-30-68-46/h9-16,29-32,39-42,47,53,57,62-63H,3,8,17-28H2,1-2,4-7H3,(H,58,64)/t31-,32+,39-,40-,41+,42-,47-/m1/s1. The van der Waals surface area contributed by atoms with Crippen LogP contribution in [0.3, 0.4) is 0 Å². The number of aliphatic hydroxyl groups excluding tert-OH is 2. The molecule has 15 nitrogen and oxygen atoms in total. The Bertz CT molecular complexity index is 2370. The highest BCUT2D eigenvalue weighted by atomic mass is 35.5. The van der Waals surface area contributed by atoms with Crippen molar-refractivity contribution in [3.63, 3.8) is 0 Å². The fraction of sp³-hybridized carbons (Fsp3) is 0.529. The number of β-amino-alcohol motifs (C(OH)–C–C–N with tert-alkyl or cyclic N) is 1. The van der Waals surface area contributed by atoms with E-state index in [1.807, 2.05) is 57.2 Å². The predicted molar refractivity (Wildman–Crippen MR) is 266 cm³/mol. The Morgan fingerprint density at radius 1 is 0.941 bits per heavy atom. The number of aromatic nitrogens is 3. The lowest BCUT2D eigenvalue weighted by atomic mass is 9.85. The van der Waals surface area contributed by atoms with Gasteiger partial charge in [-0.1, -0.05) is 82.3 Å². The van der Waals surface area contributed by atoms with Gasteiger partial charge in [-0.3, -0.25) is 14.4 Å². The largest absolute Gasteiger partial charge is 0.391 e. The topological polar surface area (TPSA) is 185 Å². The molecule has 5 N–H and O–H groups in total. The maximum atomic E-state index is 14.2. The zero-order valence-electron chi connectivity index (χ0n) is 40.2. The van der Waals surface area contributed by atoms with Gasteiger partial charge in [0, 0.05) is 81.0 Å². The monoisotopic (exact) mass is 969 g/mol. The molecule has 4 heterocycles. The number of aryl methyl sites for hydroxylation is 1. The van der Waals surface area contributed by atoms with Crippen LogP contribution >= 0.6 is 22.9 Å². The summed E-state index contributed by atoms with van der Waals surface area (Å²) in [7, 11) is 0. The maximum Gasteiger partial charge on any atom is 0.246 e. The highest BCUT2D eigenvalue weighted by Crippen LogP contribution is 2.43. The lowest BCUT2D eigenvalue weighted by Gasteiger charge is -2.38. The van der Waals surface area contributed by atoms with Crippen LogP contribution in [-0.2, 0) is 19.1 Å². The van der Waals surface area contributed by atoms with E-state index in [9.17, 15) is 24.6 Å². The van der Waals surface area contributed by atoms with Gasteiger partial charge in [0.1, 0.15) is 18.2 Å². The Labute approximate surface area is 409 Å². The number of carbonyl (C=O) groups excluding carboxylic acids is 3. The number of nitrogens with one attached hydrogen (secondary N) is 3. The van der Waals surface area contributed by atoms with Crippen LogP contribution in [0.5, 0.6) is 0 Å². The first-order valence-corrected chi connectivity index (χ1v) is 25.1. The Balaban J connectivity index is 0.847. The van der Waals surface area contributed by atoms with E-state index < -0.39 is 35.6 Å². The average molecular weight is 971 g/mol. The summed E-state index contributed by atoms with van der Waals surface area (Å²) in [4.78, 5) is 61.9. The van der Waals surface area contributed by atoms with Crippen molar-refractivity contribution in [2.24, 2.45) is 5.41 Å². The number of carbonyl (C=O) groups is 3. The van der Waals surface area contributed by atoms with E-state index in [-0.39, 0.29) is 49.3 Å². The molecule has 1 aliphatic carbocycles. The number of halogens is 1. The first-order valence-electron chi connectivity index (χ1n) is 23.8. The van der Waals surface area contributed by atoms with E-state index >= 15 is 0 Å². The van der Waals surface area contributed by atoms with Crippen molar-refractivity contribution >= 4 is 46.5 Å². The molecule has 2 aromatic heterocycles. The minimum atomic E-state index is -0.835. The van der Waals surface area contributed by atoms with Crippen molar-refractivity contribution in [3.8, 4) is 10.4 Å². The normalized spacial score (nSPS) is 20.8. The first kappa shape index (κ1) is 50.9. The molecule has 7 rings (SSSR count). The van der Waals surface area contributed by atoms with Crippen LogP contribution in [0.15, 0.2) is 72.6 Å². The molecular weight excluding hydrogens is 902 g/mol. The molecule has 0 spiro atoms. The van der Waals surface area contributed by atoms with E-state index in [4.69, 9.17) is 16.3 Å². The van der Waals surface area contributed by atoms with Crippen molar-refractivity contribution in [1.82, 2.24) is 40.7 Å². The van der Waals surface area contributed by atoms with E-state index in [1.165, 1.54) is 6.33 Å². The SMILES string of the molecule is C=C(N[C@@H](C)c1ccc(-c2scnc2C)cc1)[C@@H]1C[C@@H](O)CN1C(=O)[C@@H](NC(=O)CCOCCCNC[C@@H](C(=O)N1CCN(c2ncnc3c2[C@H](C)C[C@H]3O)CC1)c1ccc(Cl)cc1)C(C)(C)C. The molecule has 0 bridgehead atoms. The zero-order valence-corrected chi connectivity index (χ0v) is 41.8. The van der Waals surface area contributed by atoms with Gasteiger partial charge in [-0.2, -0.15) is 0 Å². The zero-order chi connectivity index (χ0) is 48.7. The number of hydrogen-bond donors (Lipinski definition) is 5. The molecule has 4 aromatic rings. The van der Waals surface area contributed by atoms with E-state index in [0.29, 0.717) is 81.6 Å². The minimum Gasteiger partial charge on any atom is -0.391 e. The van der Waals surface area contributed by atoms with Gasteiger partial charge in [-0.25, -0.2) is 15.0 Å². The Morgan fingerprint density at radius 3 is 2.32 bits per heavy atom. The molecule has 3 aliphatic rings. The fourth-order valence-electron chi connectivity index (χ4n) is 9.56. The van der Waals surface area contributed by atoms with Gasteiger partial charge < -0.3 is 45.6 Å². The average Bonchev–Trinajstić information content (AvgIpc) is 4.02. The van der Waals surface area contributed by atoms with Crippen molar-refractivity contribution in [3.05, 3.63) is 106 Å². The van der Waals surface area contributed by atoms with Gasteiger partial charge in [-0.05, 0) is 73.4 Å². The summed E-state index contributed by atoms with van der Waals surface area (Å²) in [5.41, 5.74) is 7.64. The van der Waals surface area contributed by atoms with Gasteiger partial charge in [0.25, 0.3) is 0 Å². The van der Waals surface area contributed by atoms with Crippen molar-refractivity contribution in [1.29, 1.82) is 0 Å². The Morgan fingerprint density at radius 2 is 1.65 bits per heavy atom. The smallest absolute Gasteiger partial charge is 0.246 e. The van der Waals surface area contributed by atoms with Crippen LogP contribution in [0, 0.1) is 12.3 Å². The molecule has 68 heavy (non-hydrogen) atoms. The number of benzene rings is 2. The number of nitrogens with zero attached hydrogens (tertiary/aromatic N) is 6. The summed E-state index contributed by atoms with van der Waals surface area (Å²) in [5.74, 6) is 0.0760. The van der Waals surface area contributed by atoms with Gasteiger partial charge in [0.15, 0.2) is 0 Å². The van der Waals surface area contributed by atoms with Crippen LogP contribution in [0.25, 0.3) is 10.4 Å². The van der Waals surface area contributed by atoms with Gasteiger partial charge in [0.2, 0.25) is 17.7 Å². The number of ether oxygens (including phenoxy) is 1. The predicted octanol–water partition coefficient (Wildman–Crippen LogP) is 6.28. The number of amides is 3. The number of aliphatic hydroxyl groups is 2. The first-order chi connectivity index (χ1) is 32.5. The molecule has 0 radical (unpaired) electrons. The molecule has 0 unspecified atom stereocenters. The van der Waals surface area contributed by atoms with Gasteiger partial charge in [-0.15, -0.1) is 11.3 Å². The second-order valence-electron chi connectivity index (χ2n) is 19.5. The number of rotatable bonds is 19. The second-order valence-corrected chi connectivity index (χ2v) is 20.8. The van der Waals surface area contributed by atoms with Gasteiger partial charge in [0.05, 0.1) is 52.6 Å². The fourth-order valence-corrected chi connectivity index (χ4v) is 10.5. The molecule has 366 valence electrons. The molecular formula is C51H68ClN9O6S. The van der Waals surface area contributed by atoms with Crippen LogP contribution < -0.4 is 20.9 Å². The summed E-state index contributed by atoms with van der Waals surface area (Å²) in [6, 6.07) is 14.4. The van der Waals surface area contributed by atoms with Gasteiger partial charge >= 0.3 is 0 Å². The molecule has 3 amide bonds. The number of piperazine rings is 1. The lowest BCUT2D eigenvalue weighted by Crippen LogP contribution is -2.56. The molecule has 2 aliphatic heterocycles. The number of fused-ring (bicyclic) bond motifs is 1. The minimum absolute atomic E-state index is 0.0402. The highest BCUT2D eigenvalue weighted by Gasteiger charge is 2.43. The summed E-state index contributed by atoms with van der Waals surface area (Å²) in [6.45, 7) is 20.3. The number of hydrogen-bond acceptors (Lipinski definition) is 13. The Hall–Kier alpha value is -4.97. The third-order valence-electron chi connectivity index (χ3n) is 13.4. The van der Waals surface area contributed by atoms with Crippen LogP contribution in [0.1, 0.15) is 112 Å². The molecule has 17 heteroatoms. The van der Waals surface area contributed by atoms with Crippen LogP contribution in [0.4, 0.5) is 5.82 Å². The van der Waals surface area contributed by atoms with Crippen molar-refractivity contribution in [2.75, 3.05) is 63.9 Å². The quantitative estimate of drug-likeness (QED) is 0.0664. The second kappa shape index (κ2) is 22.6. The van der Waals surface area contributed by atoms with E-state index in [0.717, 1.165) is 38.6 Å². The molecule has 0 saturated carbocycles. The summed E-state index contributed by atoms with van der Waals surface area (Å²) in [6.07, 6.45) is 1.94. The molecule has 2 aromatic carbocycles. The third-order valence-corrected chi connectivity index (χ3v) is 14.6. The number of likely N-dealkylation sites (tertiary alicyclic amines) is 1. The van der Waals surface area contributed by atoms with Crippen molar-refractivity contribution in [2.45, 2.75) is 109 Å². The summed E-state index contributed by atoms with van der Waals surface area (Å²) >= 11 is 7.84. The van der Waals surface area contributed by atoms with Crippen LogP contribution in [0.2, 0.25) is 5.02 Å². The summed E-state index contributed by atoms with van der Waals surface area (Å²) in [5, 5.41) is 31.8. The lowest BCUT2D eigenvalue weighted by molar-refractivity contribution is -0.140. The van der Waals surface area contributed by atoms with Crippen molar-refractivity contribution < 1.29 is 29.3 Å². The van der Waals surface area contributed by atoms with E-state index in [1.54, 1.807) is 28.4 Å². The van der Waals surface area contributed by atoms with Crippen LogP contribution in [-0.4, -0.2) is 130 Å². The maximum absolute atomic E-state index is 14.2. The van der Waals surface area contributed by atoms with E-state index in [2.05, 4.69) is 73.6 Å². The third kappa shape index (κ3) is 12.2.